The maximum Gasteiger partial charge on any atom is 0.204 e. The van der Waals surface area contributed by atoms with E-state index < -0.39 is 9.04 Å². The molecule has 1 rings (SSSR count). The van der Waals surface area contributed by atoms with Gasteiger partial charge in [0, 0.05) is 0 Å². The molecule has 1 aromatic carbocycles. The first-order valence-electron chi connectivity index (χ1n) is 4.57. The van der Waals surface area contributed by atoms with Crippen LogP contribution in [0.4, 0.5) is 0 Å². The zero-order chi connectivity index (χ0) is 8.81. The molecule has 12 heavy (non-hydrogen) atoms. The summed E-state index contributed by atoms with van der Waals surface area (Å²) in [5, 5.41) is 1.17. The lowest BCUT2D eigenvalue weighted by atomic mass is 10.4. The number of unbranched alkanes of at least 4 members (excludes halogenated alkanes) is 1. The maximum absolute atomic E-state index is 9.79. The SMILES string of the molecule is CCCC[SiH](O)c1ccccc1. The van der Waals surface area contributed by atoms with Crippen molar-refractivity contribution >= 4 is 14.2 Å². The lowest BCUT2D eigenvalue weighted by Gasteiger charge is -2.06. The van der Waals surface area contributed by atoms with Gasteiger partial charge in [0.2, 0.25) is 9.04 Å². The van der Waals surface area contributed by atoms with E-state index in [4.69, 9.17) is 0 Å². The second-order valence-electron chi connectivity index (χ2n) is 3.07. The molecule has 0 radical (unpaired) electrons. The Balaban J connectivity index is 2.48. The van der Waals surface area contributed by atoms with Crippen LogP contribution in [0.25, 0.3) is 0 Å². The molecule has 2 heteroatoms. The fraction of sp³-hybridized carbons (Fsp3) is 0.400. The summed E-state index contributed by atoms with van der Waals surface area (Å²) >= 11 is 0. The van der Waals surface area contributed by atoms with Crippen LogP contribution in [0, 0.1) is 0 Å². The van der Waals surface area contributed by atoms with Crippen molar-refractivity contribution in [2.24, 2.45) is 0 Å². The minimum Gasteiger partial charge on any atom is -0.430 e. The summed E-state index contributed by atoms with van der Waals surface area (Å²) in [6.07, 6.45) is 2.33. The molecule has 0 amide bonds. The highest BCUT2D eigenvalue weighted by atomic mass is 28.3. The van der Waals surface area contributed by atoms with E-state index in [1.807, 2.05) is 30.3 Å². The van der Waals surface area contributed by atoms with E-state index in [0.29, 0.717) is 0 Å². The Kier molecular flexibility index (Phi) is 4.04. The van der Waals surface area contributed by atoms with Gasteiger partial charge in [-0.15, -0.1) is 0 Å². The molecule has 1 unspecified atom stereocenters. The number of rotatable bonds is 4. The molecule has 0 aromatic heterocycles. The van der Waals surface area contributed by atoms with Crippen molar-refractivity contribution in [3.8, 4) is 0 Å². The number of hydrogen-bond donors (Lipinski definition) is 1. The van der Waals surface area contributed by atoms with Crippen molar-refractivity contribution in [3.63, 3.8) is 0 Å². The third kappa shape index (κ3) is 2.79. The molecule has 0 heterocycles. The Bertz CT molecular complexity index is 210. The predicted molar refractivity (Wildman–Crippen MR) is 55.2 cm³/mol. The Labute approximate surface area is 75.8 Å². The van der Waals surface area contributed by atoms with Crippen LogP contribution in [0.15, 0.2) is 30.3 Å². The molecule has 1 nitrogen and oxygen atoms in total. The van der Waals surface area contributed by atoms with E-state index in [0.717, 1.165) is 12.5 Å². The van der Waals surface area contributed by atoms with Crippen molar-refractivity contribution in [2.45, 2.75) is 25.8 Å². The van der Waals surface area contributed by atoms with Gasteiger partial charge in [-0.25, -0.2) is 0 Å². The van der Waals surface area contributed by atoms with Gasteiger partial charge in [0.15, 0.2) is 0 Å². The third-order valence-electron chi connectivity index (χ3n) is 2.02. The first kappa shape index (κ1) is 9.48. The third-order valence-corrected chi connectivity index (χ3v) is 4.13. The van der Waals surface area contributed by atoms with Crippen LogP contribution < -0.4 is 5.19 Å². The highest BCUT2D eigenvalue weighted by Crippen LogP contribution is 1.99. The zero-order valence-electron chi connectivity index (χ0n) is 7.53. The zero-order valence-corrected chi connectivity index (χ0v) is 8.69. The monoisotopic (exact) mass is 180 g/mol. The van der Waals surface area contributed by atoms with Gasteiger partial charge < -0.3 is 4.80 Å². The molecular formula is C10H16OSi. The minimum atomic E-state index is -1.58. The molecule has 0 fully saturated rings. The van der Waals surface area contributed by atoms with E-state index in [9.17, 15) is 4.80 Å². The van der Waals surface area contributed by atoms with E-state index in [1.54, 1.807) is 0 Å². The van der Waals surface area contributed by atoms with E-state index in [1.165, 1.54) is 11.6 Å². The standard InChI is InChI=1S/C10H16OSi/c1-2-3-9-12(11)10-7-5-4-6-8-10/h4-8,11-12H,2-3,9H2,1H3. The minimum absolute atomic E-state index is 1.01. The van der Waals surface area contributed by atoms with Crippen molar-refractivity contribution in [1.29, 1.82) is 0 Å². The van der Waals surface area contributed by atoms with Crippen LogP contribution in [0.5, 0.6) is 0 Å². The van der Waals surface area contributed by atoms with E-state index in [2.05, 4.69) is 6.92 Å². The largest absolute Gasteiger partial charge is 0.430 e. The smallest absolute Gasteiger partial charge is 0.204 e. The summed E-state index contributed by atoms with van der Waals surface area (Å²) in [5.74, 6) is 0. The second-order valence-corrected chi connectivity index (χ2v) is 5.34. The van der Waals surface area contributed by atoms with Crippen LogP contribution in [-0.4, -0.2) is 13.8 Å². The fourth-order valence-corrected chi connectivity index (χ4v) is 3.03. The summed E-state index contributed by atoms with van der Waals surface area (Å²) in [4.78, 5) is 9.79. The molecule has 0 bridgehead atoms. The highest BCUT2D eigenvalue weighted by Gasteiger charge is 2.07. The summed E-state index contributed by atoms with van der Waals surface area (Å²) in [5.41, 5.74) is 0. The molecular weight excluding hydrogens is 164 g/mol. The second kappa shape index (κ2) is 5.12. The highest BCUT2D eigenvalue weighted by molar-refractivity contribution is 6.66. The van der Waals surface area contributed by atoms with Crippen molar-refractivity contribution in [3.05, 3.63) is 30.3 Å². The van der Waals surface area contributed by atoms with Gasteiger partial charge in [-0.2, -0.15) is 0 Å². The molecule has 0 saturated carbocycles. The Morgan fingerprint density at radius 3 is 2.50 bits per heavy atom. The van der Waals surface area contributed by atoms with Crippen LogP contribution in [0.2, 0.25) is 6.04 Å². The quantitative estimate of drug-likeness (QED) is 0.695. The van der Waals surface area contributed by atoms with Gasteiger partial charge in [-0.05, 0) is 11.2 Å². The van der Waals surface area contributed by atoms with Gasteiger partial charge >= 0.3 is 0 Å². The molecule has 0 aliphatic heterocycles. The Morgan fingerprint density at radius 2 is 1.92 bits per heavy atom. The van der Waals surface area contributed by atoms with Crippen molar-refractivity contribution < 1.29 is 4.80 Å². The normalized spacial score (nSPS) is 12.8. The number of hydrogen-bond acceptors (Lipinski definition) is 1. The van der Waals surface area contributed by atoms with Gasteiger partial charge in [-0.1, -0.05) is 50.1 Å². The molecule has 1 aromatic rings. The topological polar surface area (TPSA) is 20.2 Å². The van der Waals surface area contributed by atoms with Gasteiger partial charge in [0.05, 0.1) is 0 Å². The van der Waals surface area contributed by atoms with E-state index in [-0.39, 0.29) is 0 Å². The first-order chi connectivity index (χ1) is 5.84. The van der Waals surface area contributed by atoms with Gasteiger partial charge in [0.1, 0.15) is 0 Å². The first-order valence-corrected chi connectivity index (χ1v) is 6.48. The Hall–Kier alpha value is -0.603. The number of benzene rings is 1. The molecule has 66 valence electrons. The average molecular weight is 180 g/mol. The summed E-state index contributed by atoms with van der Waals surface area (Å²) < 4.78 is 0. The molecule has 0 aliphatic carbocycles. The van der Waals surface area contributed by atoms with E-state index >= 15 is 0 Å². The summed E-state index contributed by atoms with van der Waals surface area (Å²) in [7, 11) is -1.58. The lowest BCUT2D eigenvalue weighted by molar-refractivity contribution is 0.578. The lowest BCUT2D eigenvalue weighted by Crippen LogP contribution is -2.29. The van der Waals surface area contributed by atoms with Crippen molar-refractivity contribution in [2.75, 3.05) is 0 Å². The molecule has 0 aliphatic rings. The molecule has 0 spiro atoms. The molecule has 0 saturated heterocycles. The van der Waals surface area contributed by atoms with Crippen LogP contribution in [0.1, 0.15) is 19.8 Å². The molecule has 1 N–H and O–H groups in total. The maximum atomic E-state index is 9.79. The summed E-state index contributed by atoms with van der Waals surface area (Å²) in [6.45, 7) is 2.16. The average Bonchev–Trinajstić information content (AvgIpc) is 2.15. The van der Waals surface area contributed by atoms with Crippen LogP contribution in [0.3, 0.4) is 0 Å². The molecule has 1 atom stereocenters. The Morgan fingerprint density at radius 1 is 1.25 bits per heavy atom. The summed E-state index contributed by atoms with van der Waals surface area (Å²) in [6, 6.07) is 11.1. The van der Waals surface area contributed by atoms with Crippen LogP contribution >= 0.6 is 0 Å². The predicted octanol–water partition coefficient (Wildman–Crippen LogP) is 1.41. The van der Waals surface area contributed by atoms with Crippen molar-refractivity contribution in [1.82, 2.24) is 0 Å². The van der Waals surface area contributed by atoms with Gasteiger partial charge in [0.25, 0.3) is 0 Å². The van der Waals surface area contributed by atoms with Gasteiger partial charge in [-0.3, -0.25) is 0 Å². The van der Waals surface area contributed by atoms with Crippen LogP contribution in [-0.2, 0) is 0 Å². The fourth-order valence-electron chi connectivity index (χ4n) is 1.24.